The summed E-state index contributed by atoms with van der Waals surface area (Å²) in [6, 6.07) is 8.39. The first kappa shape index (κ1) is 20.8. The summed E-state index contributed by atoms with van der Waals surface area (Å²) in [5.74, 6) is 0.503. The van der Waals surface area contributed by atoms with Gasteiger partial charge in [-0.3, -0.25) is 4.79 Å². The van der Waals surface area contributed by atoms with Crippen LogP contribution in [0.5, 0.6) is 0 Å². The Labute approximate surface area is 184 Å². The zero-order chi connectivity index (χ0) is 22.3. The molecule has 1 aliphatic heterocycles. The smallest absolute Gasteiger partial charge is 0.358 e. The average Bonchev–Trinajstić information content (AvgIpc) is 2.99. The van der Waals surface area contributed by atoms with E-state index >= 15 is 0 Å². The maximum absolute atomic E-state index is 13.4. The third kappa shape index (κ3) is 3.82. The lowest BCUT2D eigenvalue weighted by molar-refractivity contribution is -0.137. The summed E-state index contributed by atoms with van der Waals surface area (Å²) < 4.78 is 38.4. The van der Waals surface area contributed by atoms with Crippen molar-refractivity contribution < 1.29 is 18.0 Å². The summed E-state index contributed by atoms with van der Waals surface area (Å²) in [6.45, 7) is 2.27. The van der Waals surface area contributed by atoms with Crippen LogP contribution < -0.4 is 4.90 Å². The number of aryl methyl sites for hydroxylation is 2. The summed E-state index contributed by atoms with van der Waals surface area (Å²) in [7, 11) is 0. The first-order chi connectivity index (χ1) is 15.4. The number of alkyl halides is 3. The van der Waals surface area contributed by atoms with E-state index < -0.39 is 11.7 Å². The number of hydrogen-bond acceptors (Lipinski definition) is 3. The third-order valence-corrected chi connectivity index (χ3v) is 6.55. The molecule has 3 heterocycles. The van der Waals surface area contributed by atoms with Crippen molar-refractivity contribution in [1.29, 1.82) is 0 Å². The maximum atomic E-state index is 13.4. The molecular formula is C24H25F3N4O. The highest BCUT2D eigenvalue weighted by molar-refractivity contribution is 6.06. The summed E-state index contributed by atoms with van der Waals surface area (Å²) in [5.41, 5.74) is 3.46. The number of rotatable bonds is 2. The molecule has 1 saturated heterocycles. The van der Waals surface area contributed by atoms with Crippen molar-refractivity contribution >= 4 is 22.6 Å². The average molecular weight is 442 g/mol. The SMILES string of the molecule is O=C(c1cccc2c3c([nH]c12)CCCC3)N1CCCN(c2ccc(C(F)(F)F)cn2)CC1. The minimum absolute atomic E-state index is 0.00331. The molecule has 1 aliphatic carbocycles. The fraction of sp³-hybridized carbons (Fsp3) is 0.417. The number of hydrogen-bond donors (Lipinski definition) is 1. The molecule has 5 nitrogen and oxygen atoms in total. The first-order valence-electron chi connectivity index (χ1n) is 11.1. The molecule has 2 aliphatic rings. The number of carbonyl (C=O) groups is 1. The number of halogens is 3. The lowest BCUT2D eigenvalue weighted by Crippen LogP contribution is -2.35. The molecule has 0 radical (unpaired) electrons. The highest BCUT2D eigenvalue weighted by atomic mass is 19.4. The quantitative estimate of drug-likeness (QED) is 0.620. The minimum Gasteiger partial charge on any atom is -0.358 e. The second kappa shape index (κ2) is 8.15. The standard InChI is InChI=1S/C24H25F3N4O/c25-24(26,27)16-9-10-21(28-15-16)30-11-4-12-31(14-13-30)23(32)19-7-3-6-18-17-5-1-2-8-20(17)29-22(18)19/h3,6-7,9-10,15,29H,1-2,4-5,8,11-14H2. The van der Waals surface area contributed by atoms with Crippen LogP contribution in [0.2, 0.25) is 0 Å². The van der Waals surface area contributed by atoms with Crippen LogP contribution >= 0.6 is 0 Å². The van der Waals surface area contributed by atoms with E-state index in [0.717, 1.165) is 42.4 Å². The van der Waals surface area contributed by atoms with E-state index in [2.05, 4.69) is 16.0 Å². The van der Waals surface area contributed by atoms with Crippen LogP contribution in [0.3, 0.4) is 0 Å². The predicted octanol–water partition coefficient (Wildman–Crippen LogP) is 4.81. The predicted molar refractivity (Wildman–Crippen MR) is 117 cm³/mol. The monoisotopic (exact) mass is 442 g/mol. The molecule has 0 atom stereocenters. The van der Waals surface area contributed by atoms with Crippen molar-refractivity contribution in [3.05, 3.63) is 58.9 Å². The fourth-order valence-corrected chi connectivity index (χ4v) is 4.87. The van der Waals surface area contributed by atoms with E-state index in [1.807, 2.05) is 21.9 Å². The molecule has 5 rings (SSSR count). The summed E-state index contributed by atoms with van der Waals surface area (Å²) in [4.78, 5) is 24.7. The highest BCUT2D eigenvalue weighted by Gasteiger charge is 2.31. The Balaban J connectivity index is 1.34. The van der Waals surface area contributed by atoms with Crippen molar-refractivity contribution in [2.75, 3.05) is 31.1 Å². The molecule has 0 bridgehead atoms. The van der Waals surface area contributed by atoms with Crippen molar-refractivity contribution in [3.8, 4) is 0 Å². The molecule has 8 heteroatoms. The molecule has 3 aromatic rings. The van der Waals surface area contributed by atoms with Gasteiger partial charge in [0.25, 0.3) is 5.91 Å². The Morgan fingerprint density at radius 1 is 0.969 bits per heavy atom. The largest absolute Gasteiger partial charge is 0.417 e. The Morgan fingerprint density at radius 2 is 1.81 bits per heavy atom. The van der Waals surface area contributed by atoms with Crippen LogP contribution in [0.1, 0.15) is 46.4 Å². The number of amides is 1. The second-order valence-corrected chi connectivity index (χ2v) is 8.55. The van der Waals surface area contributed by atoms with Crippen molar-refractivity contribution in [2.24, 2.45) is 0 Å². The second-order valence-electron chi connectivity index (χ2n) is 8.55. The number of carbonyl (C=O) groups excluding carboxylic acids is 1. The van der Waals surface area contributed by atoms with E-state index in [0.29, 0.717) is 37.6 Å². The van der Waals surface area contributed by atoms with Crippen LogP contribution in [-0.4, -0.2) is 47.0 Å². The van der Waals surface area contributed by atoms with E-state index in [9.17, 15) is 18.0 Å². The van der Waals surface area contributed by atoms with Crippen LogP contribution in [0.25, 0.3) is 10.9 Å². The number of nitrogens with zero attached hydrogens (tertiary/aromatic N) is 3. The first-order valence-corrected chi connectivity index (χ1v) is 11.1. The van der Waals surface area contributed by atoms with Gasteiger partial charge in [-0.15, -0.1) is 0 Å². The zero-order valence-corrected chi connectivity index (χ0v) is 17.7. The lowest BCUT2D eigenvalue weighted by atomic mass is 9.95. The van der Waals surface area contributed by atoms with Gasteiger partial charge in [0.2, 0.25) is 0 Å². The Kier molecular flexibility index (Phi) is 5.31. The number of para-hydroxylation sites is 1. The molecule has 1 fully saturated rings. The molecule has 1 amide bonds. The maximum Gasteiger partial charge on any atom is 0.417 e. The van der Waals surface area contributed by atoms with Gasteiger partial charge in [-0.05, 0) is 55.9 Å². The Morgan fingerprint density at radius 3 is 2.59 bits per heavy atom. The number of nitrogens with one attached hydrogen (secondary N) is 1. The fourth-order valence-electron chi connectivity index (χ4n) is 4.87. The van der Waals surface area contributed by atoms with Crippen LogP contribution in [0, 0.1) is 0 Å². The number of H-pyrrole nitrogens is 1. The van der Waals surface area contributed by atoms with Gasteiger partial charge in [0.1, 0.15) is 5.82 Å². The number of anilines is 1. The summed E-state index contributed by atoms with van der Waals surface area (Å²) >= 11 is 0. The summed E-state index contributed by atoms with van der Waals surface area (Å²) in [5, 5.41) is 1.15. The minimum atomic E-state index is -4.40. The van der Waals surface area contributed by atoms with Crippen LogP contribution in [-0.2, 0) is 19.0 Å². The molecule has 0 unspecified atom stereocenters. The van der Waals surface area contributed by atoms with Gasteiger partial charge in [-0.25, -0.2) is 4.98 Å². The molecule has 0 spiro atoms. The molecule has 2 aromatic heterocycles. The van der Waals surface area contributed by atoms with Gasteiger partial charge >= 0.3 is 6.18 Å². The van der Waals surface area contributed by atoms with E-state index in [-0.39, 0.29) is 5.91 Å². The molecule has 32 heavy (non-hydrogen) atoms. The zero-order valence-electron chi connectivity index (χ0n) is 17.7. The van der Waals surface area contributed by atoms with E-state index in [1.54, 1.807) is 0 Å². The number of pyridine rings is 1. The highest BCUT2D eigenvalue weighted by Crippen LogP contribution is 2.32. The third-order valence-electron chi connectivity index (χ3n) is 6.55. The molecule has 0 saturated carbocycles. The van der Waals surface area contributed by atoms with Gasteiger partial charge < -0.3 is 14.8 Å². The lowest BCUT2D eigenvalue weighted by Gasteiger charge is -2.23. The van der Waals surface area contributed by atoms with E-state index in [4.69, 9.17) is 0 Å². The Bertz CT molecular complexity index is 1140. The van der Waals surface area contributed by atoms with Gasteiger partial charge in [0, 0.05) is 43.5 Å². The number of aromatic nitrogens is 2. The number of aromatic amines is 1. The molecule has 1 aromatic carbocycles. The van der Waals surface area contributed by atoms with Gasteiger partial charge in [0.15, 0.2) is 0 Å². The van der Waals surface area contributed by atoms with Crippen molar-refractivity contribution in [3.63, 3.8) is 0 Å². The van der Waals surface area contributed by atoms with Gasteiger partial charge in [-0.2, -0.15) is 13.2 Å². The van der Waals surface area contributed by atoms with Crippen LogP contribution in [0.4, 0.5) is 19.0 Å². The molecule has 168 valence electrons. The van der Waals surface area contributed by atoms with Crippen LogP contribution in [0.15, 0.2) is 36.5 Å². The molecule has 1 N–H and O–H groups in total. The van der Waals surface area contributed by atoms with E-state index in [1.165, 1.54) is 30.2 Å². The Hall–Kier alpha value is -3.03. The number of fused-ring (bicyclic) bond motifs is 3. The summed E-state index contributed by atoms with van der Waals surface area (Å²) in [6.07, 6.45) is 1.62. The molecular weight excluding hydrogens is 417 g/mol. The van der Waals surface area contributed by atoms with Crippen molar-refractivity contribution in [2.45, 2.75) is 38.3 Å². The normalized spacial score (nSPS) is 17.3. The topological polar surface area (TPSA) is 52.2 Å². The van der Waals surface area contributed by atoms with Gasteiger partial charge in [0.05, 0.1) is 16.6 Å². The van der Waals surface area contributed by atoms with Gasteiger partial charge in [-0.1, -0.05) is 12.1 Å². The number of benzene rings is 1. The van der Waals surface area contributed by atoms with Crippen molar-refractivity contribution in [1.82, 2.24) is 14.9 Å².